The van der Waals surface area contributed by atoms with E-state index in [4.69, 9.17) is 9.47 Å². The number of hydrogen-bond acceptors (Lipinski definition) is 3. The van der Waals surface area contributed by atoms with Gasteiger partial charge in [-0.2, -0.15) is 0 Å². The van der Waals surface area contributed by atoms with Crippen molar-refractivity contribution in [2.75, 3.05) is 26.8 Å². The second-order valence-electron chi connectivity index (χ2n) is 6.91. The third-order valence-corrected chi connectivity index (χ3v) is 5.74. The highest BCUT2D eigenvalue weighted by atomic mass is 16.5. The van der Waals surface area contributed by atoms with Gasteiger partial charge < -0.3 is 20.1 Å². The first-order valence-electron chi connectivity index (χ1n) is 8.99. The lowest BCUT2D eigenvalue weighted by Crippen LogP contribution is -2.65. The molecule has 0 aromatic rings. The fourth-order valence-electron chi connectivity index (χ4n) is 4.46. The van der Waals surface area contributed by atoms with Crippen molar-refractivity contribution >= 4 is 5.96 Å². The highest BCUT2D eigenvalue weighted by molar-refractivity contribution is 5.80. The van der Waals surface area contributed by atoms with Crippen molar-refractivity contribution in [3.63, 3.8) is 0 Å². The Morgan fingerprint density at radius 2 is 2.14 bits per heavy atom. The van der Waals surface area contributed by atoms with Crippen molar-refractivity contribution in [3.8, 4) is 0 Å². The Labute approximate surface area is 134 Å². The average Bonchev–Trinajstić information content (AvgIpc) is 3.21. The molecule has 1 aliphatic heterocycles. The lowest BCUT2D eigenvalue weighted by atomic mass is 9.60. The Hall–Kier alpha value is -0.810. The van der Waals surface area contributed by atoms with E-state index in [0.29, 0.717) is 23.7 Å². The lowest BCUT2D eigenvalue weighted by Gasteiger charge is -2.54. The minimum Gasteiger partial charge on any atom is -0.378 e. The van der Waals surface area contributed by atoms with Gasteiger partial charge in [-0.1, -0.05) is 12.8 Å². The SMILES string of the molecule is CCOC1CC(NC(=NC)NCC2CCCO2)C12CCCC2. The molecule has 3 atom stereocenters. The van der Waals surface area contributed by atoms with E-state index >= 15 is 0 Å². The van der Waals surface area contributed by atoms with Crippen molar-refractivity contribution in [1.82, 2.24) is 10.6 Å². The molecule has 1 heterocycles. The summed E-state index contributed by atoms with van der Waals surface area (Å²) in [6.45, 7) is 4.69. The monoisotopic (exact) mass is 309 g/mol. The van der Waals surface area contributed by atoms with Crippen molar-refractivity contribution in [2.45, 2.75) is 70.1 Å². The Bertz CT molecular complexity index is 387. The Kier molecular flexibility index (Phi) is 5.24. The first-order valence-corrected chi connectivity index (χ1v) is 8.99. The normalized spacial score (nSPS) is 33.9. The Morgan fingerprint density at radius 1 is 1.32 bits per heavy atom. The lowest BCUT2D eigenvalue weighted by molar-refractivity contribution is -0.125. The zero-order chi connectivity index (χ0) is 15.4. The molecule has 3 rings (SSSR count). The smallest absolute Gasteiger partial charge is 0.191 e. The maximum absolute atomic E-state index is 5.98. The van der Waals surface area contributed by atoms with Crippen LogP contribution in [0.25, 0.3) is 0 Å². The molecular weight excluding hydrogens is 278 g/mol. The molecule has 3 aliphatic rings. The number of aliphatic imine (C=N–C) groups is 1. The number of rotatable bonds is 5. The van der Waals surface area contributed by atoms with Gasteiger partial charge in [-0.15, -0.1) is 0 Å². The molecule has 0 radical (unpaired) electrons. The minimum absolute atomic E-state index is 0.344. The van der Waals surface area contributed by atoms with E-state index in [9.17, 15) is 0 Å². The molecule has 0 aromatic heterocycles. The van der Waals surface area contributed by atoms with Gasteiger partial charge in [0, 0.05) is 38.3 Å². The van der Waals surface area contributed by atoms with Gasteiger partial charge in [0.1, 0.15) is 0 Å². The second kappa shape index (κ2) is 7.18. The summed E-state index contributed by atoms with van der Waals surface area (Å²) in [5.74, 6) is 0.918. The predicted molar refractivity (Wildman–Crippen MR) is 88.2 cm³/mol. The first kappa shape index (κ1) is 16.1. The van der Waals surface area contributed by atoms with E-state index in [0.717, 1.165) is 38.6 Å². The molecule has 3 fully saturated rings. The molecule has 1 saturated heterocycles. The van der Waals surface area contributed by atoms with Gasteiger partial charge in [-0.3, -0.25) is 4.99 Å². The molecule has 0 aromatic carbocycles. The van der Waals surface area contributed by atoms with Gasteiger partial charge in [-0.25, -0.2) is 0 Å². The van der Waals surface area contributed by atoms with Crippen LogP contribution in [0.5, 0.6) is 0 Å². The van der Waals surface area contributed by atoms with Crippen molar-refractivity contribution in [3.05, 3.63) is 0 Å². The third kappa shape index (κ3) is 3.11. The molecule has 3 unspecified atom stereocenters. The zero-order valence-corrected chi connectivity index (χ0v) is 14.1. The summed E-state index contributed by atoms with van der Waals surface area (Å²) >= 11 is 0. The molecule has 5 heteroatoms. The highest BCUT2D eigenvalue weighted by Gasteiger charge is 2.56. The van der Waals surface area contributed by atoms with Crippen LogP contribution in [0.3, 0.4) is 0 Å². The molecule has 0 amide bonds. The van der Waals surface area contributed by atoms with Crippen LogP contribution < -0.4 is 10.6 Å². The summed E-state index contributed by atoms with van der Waals surface area (Å²) in [5, 5.41) is 7.09. The predicted octanol–water partition coefficient (Wildman–Crippen LogP) is 2.07. The van der Waals surface area contributed by atoms with Crippen LogP contribution in [-0.2, 0) is 9.47 Å². The van der Waals surface area contributed by atoms with Crippen LogP contribution in [0.2, 0.25) is 0 Å². The number of nitrogens with zero attached hydrogens (tertiary/aromatic N) is 1. The molecule has 2 saturated carbocycles. The third-order valence-electron chi connectivity index (χ3n) is 5.74. The topological polar surface area (TPSA) is 54.9 Å². The van der Waals surface area contributed by atoms with Crippen LogP contribution in [-0.4, -0.2) is 51.0 Å². The van der Waals surface area contributed by atoms with Crippen LogP contribution in [0.4, 0.5) is 0 Å². The van der Waals surface area contributed by atoms with E-state index in [2.05, 4.69) is 22.5 Å². The fourth-order valence-corrected chi connectivity index (χ4v) is 4.46. The van der Waals surface area contributed by atoms with Gasteiger partial charge in [0.25, 0.3) is 0 Å². The largest absolute Gasteiger partial charge is 0.378 e. The summed E-state index contributed by atoms with van der Waals surface area (Å²) in [5.41, 5.74) is 0.345. The van der Waals surface area contributed by atoms with E-state index < -0.39 is 0 Å². The van der Waals surface area contributed by atoms with E-state index in [-0.39, 0.29) is 0 Å². The van der Waals surface area contributed by atoms with E-state index in [1.807, 2.05) is 7.05 Å². The van der Waals surface area contributed by atoms with Gasteiger partial charge in [0.05, 0.1) is 12.2 Å². The highest BCUT2D eigenvalue weighted by Crippen LogP contribution is 2.54. The van der Waals surface area contributed by atoms with E-state index in [1.165, 1.54) is 32.1 Å². The van der Waals surface area contributed by atoms with Crippen LogP contribution in [0.1, 0.15) is 51.9 Å². The Balaban J connectivity index is 1.52. The quantitative estimate of drug-likeness (QED) is 0.603. The molecule has 1 spiro atoms. The molecular formula is C17H31N3O2. The van der Waals surface area contributed by atoms with E-state index in [1.54, 1.807) is 0 Å². The number of hydrogen-bond donors (Lipinski definition) is 2. The molecule has 2 N–H and O–H groups in total. The maximum Gasteiger partial charge on any atom is 0.191 e. The minimum atomic E-state index is 0.344. The van der Waals surface area contributed by atoms with Crippen molar-refractivity contribution in [2.24, 2.45) is 10.4 Å². The zero-order valence-electron chi connectivity index (χ0n) is 14.1. The maximum atomic E-state index is 5.98. The first-order chi connectivity index (χ1) is 10.8. The Morgan fingerprint density at radius 3 is 2.77 bits per heavy atom. The van der Waals surface area contributed by atoms with Gasteiger partial charge in [0.15, 0.2) is 5.96 Å². The van der Waals surface area contributed by atoms with Crippen molar-refractivity contribution in [1.29, 1.82) is 0 Å². The molecule has 0 bridgehead atoms. The number of ether oxygens (including phenoxy) is 2. The summed E-state index contributed by atoms with van der Waals surface area (Å²) in [6.07, 6.45) is 9.48. The van der Waals surface area contributed by atoms with Crippen LogP contribution in [0, 0.1) is 5.41 Å². The van der Waals surface area contributed by atoms with Gasteiger partial charge in [0.2, 0.25) is 0 Å². The molecule has 5 nitrogen and oxygen atoms in total. The summed E-state index contributed by atoms with van der Waals surface area (Å²) in [7, 11) is 1.85. The molecule has 126 valence electrons. The standard InChI is InChI=1S/C17H31N3O2/c1-3-21-15-11-14(17(15)8-4-5-9-17)20-16(18-2)19-12-13-7-6-10-22-13/h13-15H,3-12H2,1-2H3,(H2,18,19,20). The van der Waals surface area contributed by atoms with Gasteiger partial charge in [-0.05, 0) is 39.0 Å². The van der Waals surface area contributed by atoms with Crippen molar-refractivity contribution < 1.29 is 9.47 Å². The number of guanidine groups is 1. The fraction of sp³-hybridized carbons (Fsp3) is 0.941. The van der Waals surface area contributed by atoms with Gasteiger partial charge >= 0.3 is 0 Å². The second-order valence-corrected chi connectivity index (χ2v) is 6.91. The summed E-state index contributed by atoms with van der Waals surface area (Å²) < 4.78 is 11.7. The summed E-state index contributed by atoms with van der Waals surface area (Å²) in [6, 6.07) is 0.502. The average molecular weight is 309 g/mol. The summed E-state index contributed by atoms with van der Waals surface area (Å²) in [4.78, 5) is 4.39. The number of nitrogens with one attached hydrogen (secondary N) is 2. The van der Waals surface area contributed by atoms with Crippen LogP contribution in [0.15, 0.2) is 4.99 Å². The molecule has 22 heavy (non-hydrogen) atoms. The molecule has 2 aliphatic carbocycles. The van der Waals surface area contributed by atoms with Crippen LogP contribution >= 0.6 is 0 Å².